The molecule has 0 unspecified atom stereocenters. The monoisotopic (exact) mass is 210 g/mol. The van der Waals surface area contributed by atoms with E-state index < -0.39 is 8.07 Å². The van der Waals surface area contributed by atoms with Crippen molar-refractivity contribution in [1.82, 2.24) is 0 Å². The summed E-state index contributed by atoms with van der Waals surface area (Å²) in [6, 6.07) is 7.07. The average Bonchev–Trinajstić information content (AvgIpc) is 2.02. The Morgan fingerprint density at radius 3 is 2.14 bits per heavy atom. The molecule has 0 aliphatic rings. The van der Waals surface area contributed by atoms with Gasteiger partial charge in [0.1, 0.15) is 5.82 Å². The van der Waals surface area contributed by atoms with Gasteiger partial charge in [0.25, 0.3) is 0 Å². The van der Waals surface area contributed by atoms with Gasteiger partial charge >= 0.3 is 0 Å². The summed E-state index contributed by atoms with van der Waals surface area (Å²) in [4.78, 5) is 0. The minimum absolute atomic E-state index is 0.118. The van der Waals surface area contributed by atoms with Crippen molar-refractivity contribution in [3.63, 3.8) is 0 Å². The van der Waals surface area contributed by atoms with Crippen molar-refractivity contribution in [2.45, 2.75) is 38.9 Å². The topological polar surface area (TPSA) is 0 Å². The van der Waals surface area contributed by atoms with Gasteiger partial charge in [-0.2, -0.15) is 0 Å². The van der Waals surface area contributed by atoms with Crippen LogP contribution in [0.2, 0.25) is 18.1 Å². The maximum absolute atomic E-state index is 13.1. The molecule has 1 aromatic carbocycles. The first-order valence-corrected chi connectivity index (χ1v) is 8.01. The zero-order chi connectivity index (χ0) is 11.0. The normalized spacial score (nSPS) is 13.0. The second-order valence-corrected chi connectivity index (χ2v) is 10.7. The summed E-state index contributed by atoms with van der Waals surface area (Å²) in [5.74, 6) is -0.118. The van der Waals surface area contributed by atoms with Crippen LogP contribution in [0.25, 0.3) is 0 Å². The molecule has 0 saturated heterocycles. The Morgan fingerprint density at radius 1 is 1.14 bits per heavy atom. The van der Waals surface area contributed by atoms with E-state index in [-0.39, 0.29) is 10.9 Å². The molecular formula is C12H19FSi. The zero-order valence-corrected chi connectivity index (χ0v) is 10.7. The Kier molecular flexibility index (Phi) is 2.86. The molecule has 0 heterocycles. The zero-order valence-electron chi connectivity index (χ0n) is 9.69. The highest BCUT2D eigenvalue weighted by molar-refractivity contribution is 6.92. The van der Waals surface area contributed by atoms with Crippen LogP contribution in [0.1, 0.15) is 20.8 Å². The van der Waals surface area contributed by atoms with Gasteiger partial charge in [0, 0.05) is 0 Å². The van der Waals surface area contributed by atoms with Crippen LogP contribution in [-0.2, 0) is 0 Å². The van der Waals surface area contributed by atoms with E-state index in [9.17, 15) is 4.39 Å². The third-order valence-corrected chi connectivity index (χ3v) is 8.93. The summed E-state index contributed by atoms with van der Waals surface area (Å²) in [7, 11) is -1.55. The average molecular weight is 210 g/mol. The highest BCUT2D eigenvalue weighted by Gasteiger charge is 2.36. The van der Waals surface area contributed by atoms with Crippen molar-refractivity contribution in [2.24, 2.45) is 0 Å². The van der Waals surface area contributed by atoms with Gasteiger partial charge in [-0.3, -0.25) is 0 Å². The molecule has 1 aromatic rings. The fourth-order valence-corrected chi connectivity index (χ4v) is 3.19. The molecule has 1 rings (SSSR count). The fraction of sp³-hybridized carbons (Fsp3) is 0.500. The summed E-state index contributed by atoms with van der Waals surface area (Å²) in [6.45, 7) is 11.3. The van der Waals surface area contributed by atoms with Crippen LogP contribution in [0.4, 0.5) is 4.39 Å². The first kappa shape index (κ1) is 11.4. The first-order chi connectivity index (χ1) is 6.25. The third-order valence-electron chi connectivity index (χ3n) is 3.42. The molecule has 0 nitrogen and oxygen atoms in total. The summed E-state index contributed by atoms with van der Waals surface area (Å²) in [5, 5.41) is 1.46. The van der Waals surface area contributed by atoms with E-state index in [1.54, 1.807) is 6.07 Å². The van der Waals surface area contributed by atoms with Gasteiger partial charge < -0.3 is 0 Å². The van der Waals surface area contributed by atoms with E-state index >= 15 is 0 Å². The van der Waals surface area contributed by atoms with E-state index in [0.29, 0.717) is 0 Å². The van der Waals surface area contributed by atoms with Gasteiger partial charge in [-0.05, 0) is 17.2 Å². The molecule has 0 bridgehead atoms. The lowest BCUT2D eigenvalue weighted by molar-refractivity contribution is 0.628. The van der Waals surface area contributed by atoms with Crippen LogP contribution < -0.4 is 5.19 Å². The smallest absolute Gasteiger partial charge is 0.123 e. The van der Waals surface area contributed by atoms with E-state index in [4.69, 9.17) is 0 Å². The Hall–Kier alpha value is -0.633. The van der Waals surface area contributed by atoms with Crippen LogP contribution in [0.3, 0.4) is 0 Å². The van der Waals surface area contributed by atoms with Gasteiger partial charge in [-0.15, -0.1) is 0 Å². The largest absolute Gasteiger partial charge is 0.207 e. The quantitative estimate of drug-likeness (QED) is 0.622. The number of rotatable bonds is 1. The molecule has 0 saturated carbocycles. The molecule has 14 heavy (non-hydrogen) atoms. The van der Waals surface area contributed by atoms with Crippen LogP contribution in [-0.4, -0.2) is 8.07 Å². The third kappa shape index (κ3) is 2.06. The van der Waals surface area contributed by atoms with Gasteiger partial charge in [-0.1, -0.05) is 51.2 Å². The van der Waals surface area contributed by atoms with Crippen LogP contribution >= 0.6 is 0 Å². The maximum Gasteiger partial charge on any atom is 0.123 e. The molecule has 2 heteroatoms. The number of hydrogen-bond donors (Lipinski definition) is 0. The fourth-order valence-electron chi connectivity index (χ4n) is 1.31. The van der Waals surface area contributed by atoms with Crippen molar-refractivity contribution in [2.75, 3.05) is 0 Å². The summed E-state index contributed by atoms with van der Waals surface area (Å²) >= 11 is 0. The van der Waals surface area contributed by atoms with Gasteiger partial charge in [-0.25, -0.2) is 4.39 Å². The highest BCUT2D eigenvalue weighted by Crippen LogP contribution is 2.35. The lowest BCUT2D eigenvalue weighted by Gasteiger charge is -2.37. The molecule has 0 fully saturated rings. The van der Waals surface area contributed by atoms with E-state index in [1.165, 1.54) is 11.3 Å². The SMILES string of the molecule is CC(C)(C)[Si](C)(C)c1cccc(F)c1. The van der Waals surface area contributed by atoms with E-state index in [1.807, 2.05) is 6.07 Å². The predicted octanol–water partition coefficient (Wildman–Crippen LogP) is 3.54. The van der Waals surface area contributed by atoms with Crippen molar-refractivity contribution < 1.29 is 4.39 Å². The van der Waals surface area contributed by atoms with Crippen LogP contribution in [0, 0.1) is 5.82 Å². The minimum atomic E-state index is -1.55. The lowest BCUT2D eigenvalue weighted by Crippen LogP contribution is -2.49. The maximum atomic E-state index is 13.1. The summed E-state index contributed by atoms with van der Waals surface area (Å²) in [6.07, 6.45) is 0. The second kappa shape index (κ2) is 3.50. The van der Waals surface area contributed by atoms with Crippen molar-refractivity contribution in [1.29, 1.82) is 0 Å². The number of benzene rings is 1. The second-order valence-electron chi connectivity index (χ2n) is 5.39. The molecular weight excluding hydrogens is 191 g/mol. The Balaban J connectivity index is 3.16. The standard InChI is InChI=1S/C12H19FSi/c1-12(2,3)14(4,5)11-8-6-7-10(13)9-11/h6-9H,1-5H3. The summed E-state index contributed by atoms with van der Waals surface area (Å²) in [5.41, 5.74) is 0. The van der Waals surface area contributed by atoms with Gasteiger partial charge in [0.2, 0.25) is 0 Å². The lowest BCUT2D eigenvalue weighted by atomic mass is 10.2. The molecule has 0 spiro atoms. The molecule has 0 radical (unpaired) electrons. The Labute approximate surface area is 87.2 Å². The number of halogens is 1. The number of hydrogen-bond acceptors (Lipinski definition) is 0. The molecule has 0 amide bonds. The van der Waals surface area contributed by atoms with Crippen LogP contribution in [0.5, 0.6) is 0 Å². The predicted molar refractivity (Wildman–Crippen MR) is 63.2 cm³/mol. The van der Waals surface area contributed by atoms with Crippen molar-refractivity contribution in [3.8, 4) is 0 Å². The van der Waals surface area contributed by atoms with Crippen LogP contribution in [0.15, 0.2) is 24.3 Å². The molecule has 78 valence electrons. The molecule has 0 N–H and O–H groups in total. The molecule has 0 aromatic heterocycles. The molecule has 0 aliphatic heterocycles. The van der Waals surface area contributed by atoms with Gasteiger partial charge in [0.05, 0.1) is 8.07 Å². The Morgan fingerprint density at radius 2 is 1.71 bits per heavy atom. The van der Waals surface area contributed by atoms with Crippen molar-refractivity contribution in [3.05, 3.63) is 30.1 Å². The first-order valence-electron chi connectivity index (χ1n) is 5.01. The van der Waals surface area contributed by atoms with E-state index in [0.717, 1.165) is 0 Å². The summed E-state index contributed by atoms with van der Waals surface area (Å²) < 4.78 is 13.1. The molecule has 0 atom stereocenters. The van der Waals surface area contributed by atoms with E-state index in [2.05, 4.69) is 39.9 Å². The molecule has 0 aliphatic carbocycles. The minimum Gasteiger partial charge on any atom is -0.207 e. The van der Waals surface area contributed by atoms with Crippen molar-refractivity contribution >= 4 is 13.3 Å². The highest BCUT2D eigenvalue weighted by atomic mass is 28.3. The Bertz CT molecular complexity index is 323. The van der Waals surface area contributed by atoms with Gasteiger partial charge in [0.15, 0.2) is 0 Å².